The molecule has 0 radical (unpaired) electrons. The Hall–Kier alpha value is -3.21. The number of benzene rings is 2. The third-order valence-electron chi connectivity index (χ3n) is 5.71. The van der Waals surface area contributed by atoms with Gasteiger partial charge in [-0.05, 0) is 49.4 Å². The van der Waals surface area contributed by atoms with Gasteiger partial charge >= 0.3 is 0 Å². The van der Waals surface area contributed by atoms with Crippen LogP contribution in [0.5, 0.6) is 0 Å². The van der Waals surface area contributed by atoms with Crippen molar-refractivity contribution in [2.24, 2.45) is 0 Å². The molecular formula is C22H19N5. The van der Waals surface area contributed by atoms with Crippen molar-refractivity contribution in [2.45, 2.75) is 32.2 Å². The molecule has 3 heterocycles. The molecule has 5 heteroatoms. The van der Waals surface area contributed by atoms with Crippen molar-refractivity contribution in [1.82, 2.24) is 24.1 Å². The minimum atomic E-state index is 0.700. The summed E-state index contributed by atoms with van der Waals surface area (Å²) in [7, 11) is 0. The number of aromatic nitrogens is 5. The van der Waals surface area contributed by atoms with E-state index in [4.69, 9.17) is 10.1 Å². The van der Waals surface area contributed by atoms with E-state index in [9.17, 15) is 0 Å². The third kappa shape index (κ3) is 2.21. The van der Waals surface area contributed by atoms with Crippen LogP contribution in [-0.2, 0) is 19.4 Å². The fourth-order valence-electron chi connectivity index (χ4n) is 4.50. The van der Waals surface area contributed by atoms with Crippen LogP contribution in [0.25, 0.3) is 27.5 Å². The summed E-state index contributed by atoms with van der Waals surface area (Å²) in [5.74, 6) is 0.835. The lowest BCUT2D eigenvalue weighted by atomic mass is 9.96. The Kier molecular flexibility index (Phi) is 3.12. The summed E-state index contributed by atoms with van der Waals surface area (Å²) in [5.41, 5.74) is 6.11. The van der Waals surface area contributed by atoms with E-state index in [1.54, 1.807) is 10.8 Å². The van der Waals surface area contributed by atoms with Gasteiger partial charge in [-0.15, -0.1) is 5.10 Å². The van der Waals surface area contributed by atoms with Gasteiger partial charge in [0.2, 0.25) is 0 Å². The van der Waals surface area contributed by atoms with Crippen LogP contribution in [0.2, 0.25) is 0 Å². The predicted molar refractivity (Wildman–Crippen MR) is 106 cm³/mol. The quantitative estimate of drug-likeness (QED) is 0.479. The molecule has 0 N–H and O–H groups in total. The van der Waals surface area contributed by atoms with Crippen LogP contribution in [0.15, 0.2) is 54.9 Å². The van der Waals surface area contributed by atoms with Crippen LogP contribution in [0.4, 0.5) is 0 Å². The topological polar surface area (TPSA) is 48.0 Å². The van der Waals surface area contributed by atoms with E-state index in [1.807, 2.05) is 18.2 Å². The summed E-state index contributed by atoms with van der Waals surface area (Å²) in [5, 5.41) is 7.15. The molecule has 132 valence electrons. The first-order valence-corrected chi connectivity index (χ1v) is 9.56. The first-order valence-electron chi connectivity index (χ1n) is 9.56. The zero-order chi connectivity index (χ0) is 17.8. The molecule has 6 rings (SSSR count). The van der Waals surface area contributed by atoms with Gasteiger partial charge in [0.05, 0.1) is 12.1 Å². The fraction of sp³-hybridized carbons (Fsp3) is 0.227. The van der Waals surface area contributed by atoms with Crippen LogP contribution >= 0.6 is 0 Å². The van der Waals surface area contributed by atoms with Gasteiger partial charge in [-0.25, -0.2) is 14.5 Å². The van der Waals surface area contributed by atoms with Crippen LogP contribution in [0, 0.1) is 0 Å². The summed E-state index contributed by atoms with van der Waals surface area (Å²) in [6, 6.07) is 16.8. The summed E-state index contributed by atoms with van der Waals surface area (Å²) >= 11 is 0. The second-order valence-corrected chi connectivity index (χ2v) is 7.29. The number of hydrogen-bond acceptors (Lipinski definition) is 3. The lowest BCUT2D eigenvalue weighted by Crippen LogP contribution is -2.10. The van der Waals surface area contributed by atoms with E-state index in [-0.39, 0.29) is 0 Å². The van der Waals surface area contributed by atoms with Gasteiger partial charge in [-0.2, -0.15) is 0 Å². The number of hydrogen-bond donors (Lipinski definition) is 0. The number of nitrogens with zero attached hydrogens (tertiary/aromatic N) is 5. The smallest absolute Gasteiger partial charge is 0.171 e. The normalized spacial score (nSPS) is 14.2. The molecule has 1 aliphatic rings. The Bertz CT molecular complexity index is 1310. The Morgan fingerprint density at radius 1 is 0.889 bits per heavy atom. The van der Waals surface area contributed by atoms with Crippen molar-refractivity contribution in [3.63, 3.8) is 0 Å². The molecule has 0 spiro atoms. The molecule has 0 fully saturated rings. The summed E-state index contributed by atoms with van der Waals surface area (Å²) in [6.07, 6.45) is 6.62. The number of aryl methyl sites for hydroxylation is 1. The molecule has 0 amide bonds. The molecule has 0 aliphatic heterocycles. The van der Waals surface area contributed by atoms with Crippen LogP contribution in [0.1, 0.15) is 29.9 Å². The summed E-state index contributed by atoms with van der Waals surface area (Å²) in [4.78, 5) is 9.36. The number of fused-ring (bicyclic) bond motifs is 6. The van der Waals surface area contributed by atoms with Crippen molar-refractivity contribution in [1.29, 1.82) is 0 Å². The van der Waals surface area contributed by atoms with Crippen molar-refractivity contribution >= 4 is 27.5 Å². The SMILES string of the molecule is c1ccc2c(c1)ncn1nc(Cn3c4c(c5ccccc53)CCCC4)nc21. The molecule has 5 nitrogen and oxygen atoms in total. The highest BCUT2D eigenvalue weighted by atomic mass is 15.3. The van der Waals surface area contributed by atoms with Gasteiger partial charge in [-0.1, -0.05) is 30.3 Å². The maximum atomic E-state index is 4.86. The minimum Gasteiger partial charge on any atom is -0.337 e. The van der Waals surface area contributed by atoms with Gasteiger partial charge in [0, 0.05) is 22.0 Å². The Balaban J connectivity index is 1.53. The van der Waals surface area contributed by atoms with E-state index in [0.29, 0.717) is 6.54 Å². The molecule has 0 unspecified atom stereocenters. The lowest BCUT2D eigenvalue weighted by Gasteiger charge is -2.15. The average Bonchev–Trinajstić information content (AvgIpc) is 3.28. The van der Waals surface area contributed by atoms with Crippen molar-refractivity contribution in [2.75, 3.05) is 0 Å². The Morgan fingerprint density at radius 2 is 1.70 bits per heavy atom. The van der Waals surface area contributed by atoms with E-state index in [1.165, 1.54) is 41.4 Å². The van der Waals surface area contributed by atoms with Gasteiger partial charge in [0.25, 0.3) is 0 Å². The second kappa shape index (κ2) is 5.64. The monoisotopic (exact) mass is 353 g/mol. The van der Waals surface area contributed by atoms with Crippen LogP contribution in [0.3, 0.4) is 0 Å². The van der Waals surface area contributed by atoms with Gasteiger partial charge in [0.1, 0.15) is 6.33 Å². The number of rotatable bonds is 2. The largest absolute Gasteiger partial charge is 0.337 e. The molecule has 0 bridgehead atoms. The maximum absolute atomic E-state index is 4.86. The Labute approximate surface area is 156 Å². The van der Waals surface area contributed by atoms with Gasteiger partial charge in [-0.3, -0.25) is 0 Å². The molecule has 2 aromatic carbocycles. The van der Waals surface area contributed by atoms with Crippen molar-refractivity contribution in [3.8, 4) is 0 Å². The lowest BCUT2D eigenvalue weighted by molar-refractivity contribution is 0.629. The molecule has 1 aliphatic carbocycles. The summed E-state index contributed by atoms with van der Waals surface area (Å²) < 4.78 is 4.23. The highest BCUT2D eigenvalue weighted by molar-refractivity contribution is 5.90. The van der Waals surface area contributed by atoms with E-state index in [2.05, 4.69) is 39.9 Å². The highest BCUT2D eigenvalue weighted by Gasteiger charge is 2.20. The molecule has 0 saturated carbocycles. The van der Waals surface area contributed by atoms with Crippen LogP contribution in [-0.4, -0.2) is 24.1 Å². The molecule has 0 atom stereocenters. The zero-order valence-corrected chi connectivity index (χ0v) is 15.0. The van der Waals surface area contributed by atoms with E-state index < -0.39 is 0 Å². The summed E-state index contributed by atoms with van der Waals surface area (Å²) in [6.45, 7) is 0.700. The second-order valence-electron chi connectivity index (χ2n) is 7.29. The molecule has 0 saturated heterocycles. The van der Waals surface area contributed by atoms with Crippen molar-refractivity contribution < 1.29 is 0 Å². The minimum absolute atomic E-state index is 0.700. The first-order chi connectivity index (χ1) is 13.4. The molecule has 3 aromatic heterocycles. The highest BCUT2D eigenvalue weighted by Crippen LogP contribution is 2.32. The Morgan fingerprint density at radius 3 is 2.67 bits per heavy atom. The number of para-hydroxylation sites is 2. The molecular weight excluding hydrogens is 334 g/mol. The molecule has 5 aromatic rings. The predicted octanol–water partition coefficient (Wildman–Crippen LogP) is 4.16. The van der Waals surface area contributed by atoms with E-state index in [0.717, 1.165) is 28.8 Å². The molecule has 27 heavy (non-hydrogen) atoms. The van der Waals surface area contributed by atoms with Gasteiger partial charge in [0.15, 0.2) is 11.5 Å². The maximum Gasteiger partial charge on any atom is 0.171 e. The van der Waals surface area contributed by atoms with Gasteiger partial charge < -0.3 is 4.57 Å². The first kappa shape index (κ1) is 14.9. The third-order valence-corrected chi connectivity index (χ3v) is 5.71. The zero-order valence-electron chi connectivity index (χ0n) is 15.0. The standard InChI is InChI=1S/C22H19N5/c1-4-10-18-17(9-1)22-24-21(25-27(22)14-23-18)13-26-19-11-5-2-7-15(19)16-8-3-6-12-20(16)26/h1-2,4-5,7,9-11,14H,3,6,8,12-13H2. The average molecular weight is 353 g/mol. The van der Waals surface area contributed by atoms with E-state index >= 15 is 0 Å². The fourth-order valence-corrected chi connectivity index (χ4v) is 4.50. The van der Waals surface area contributed by atoms with Crippen LogP contribution < -0.4 is 0 Å². The van der Waals surface area contributed by atoms with Crippen molar-refractivity contribution in [3.05, 3.63) is 71.9 Å².